The van der Waals surface area contributed by atoms with Crippen molar-refractivity contribution < 1.29 is 23.6 Å². The first kappa shape index (κ1) is 24.6. The number of aryl methyl sites for hydroxylation is 1. The highest BCUT2D eigenvalue weighted by Gasteiger charge is 2.27. The molecule has 2 bridgehead atoms. The van der Waals surface area contributed by atoms with Gasteiger partial charge < -0.3 is 28.7 Å². The summed E-state index contributed by atoms with van der Waals surface area (Å²) in [6.45, 7) is 4.75. The van der Waals surface area contributed by atoms with Crippen LogP contribution in [0.3, 0.4) is 0 Å². The molecule has 5 rings (SSSR count). The van der Waals surface area contributed by atoms with Crippen molar-refractivity contribution in [1.82, 2.24) is 15.0 Å². The number of nitrogens with zero attached hydrogens (tertiary/aromatic N) is 4. The normalized spacial score (nSPS) is 22.3. The van der Waals surface area contributed by atoms with Gasteiger partial charge in [0.25, 0.3) is 5.91 Å². The van der Waals surface area contributed by atoms with Crippen molar-refractivity contribution in [2.45, 2.75) is 51.0 Å². The monoisotopic (exact) mass is 496 g/mol. The minimum absolute atomic E-state index is 0.196. The molecule has 2 aromatic rings. The van der Waals surface area contributed by atoms with Crippen LogP contribution in [-0.2, 0) is 16.0 Å². The second kappa shape index (κ2) is 11.8. The Morgan fingerprint density at radius 2 is 1.81 bits per heavy atom. The van der Waals surface area contributed by atoms with Crippen molar-refractivity contribution >= 4 is 17.6 Å². The van der Waals surface area contributed by atoms with E-state index in [-0.39, 0.29) is 23.6 Å². The van der Waals surface area contributed by atoms with Gasteiger partial charge in [-0.1, -0.05) is 17.3 Å². The van der Waals surface area contributed by atoms with Crippen LogP contribution in [-0.4, -0.2) is 85.4 Å². The van der Waals surface area contributed by atoms with Crippen LogP contribution in [0.5, 0.6) is 5.75 Å². The molecule has 2 saturated heterocycles. The fourth-order valence-corrected chi connectivity index (χ4v) is 5.37. The van der Waals surface area contributed by atoms with Gasteiger partial charge in [0.1, 0.15) is 12.4 Å². The number of piperidine rings is 1. The summed E-state index contributed by atoms with van der Waals surface area (Å²) in [5.41, 5.74) is 1.21. The van der Waals surface area contributed by atoms with Gasteiger partial charge in [-0.15, -0.1) is 0 Å². The maximum Gasteiger partial charge on any atom is 0.292 e. The lowest BCUT2D eigenvalue weighted by Gasteiger charge is -2.36. The molecule has 194 valence electrons. The number of aromatic nitrogens is 1. The lowest BCUT2D eigenvalue weighted by Crippen LogP contribution is -2.44. The number of morpholine rings is 1. The largest absolute Gasteiger partial charge is 0.492 e. The summed E-state index contributed by atoms with van der Waals surface area (Å²) >= 11 is 0. The molecule has 4 heterocycles. The van der Waals surface area contributed by atoms with Crippen molar-refractivity contribution in [1.29, 1.82) is 0 Å². The molecule has 0 saturated carbocycles. The van der Waals surface area contributed by atoms with E-state index in [1.54, 1.807) is 11.0 Å². The van der Waals surface area contributed by atoms with Crippen LogP contribution in [0.2, 0.25) is 0 Å². The molecule has 0 N–H and O–H groups in total. The average molecular weight is 497 g/mol. The summed E-state index contributed by atoms with van der Waals surface area (Å²) in [6.07, 6.45) is 6.22. The zero-order chi connectivity index (χ0) is 24.7. The van der Waals surface area contributed by atoms with Gasteiger partial charge in [-0.3, -0.25) is 9.59 Å². The van der Waals surface area contributed by atoms with Gasteiger partial charge in [-0.2, -0.15) is 0 Å². The Hall–Kier alpha value is -3.07. The molecule has 0 radical (unpaired) electrons. The lowest BCUT2D eigenvalue weighted by molar-refractivity contribution is -0.135. The van der Waals surface area contributed by atoms with Gasteiger partial charge in [-0.05, 0) is 56.2 Å². The maximum atomic E-state index is 13.4. The Bertz CT molecular complexity index is 1030. The Balaban J connectivity index is 1.30. The molecule has 3 aliphatic heterocycles. The Kier molecular flexibility index (Phi) is 8.05. The summed E-state index contributed by atoms with van der Waals surface area (Å²) in [5.74, 6) is 1.63. The second-order valence-electron chi connectivity index (χ2n) is 9.82. The van der Waals surface area contributed by atoms with Crippen LogP contribution >= 0.6 is 0 Å². The van der Waals surface area contributed by atoms with Crippen molar-refractivity contribution in [2.75, 3.05) is 57.4 Å². The minimum atomic E-state index is -0.230. The van der Waals surface area contributed by atoms with E-state index in [1.165, 1.54) is 12.0 Å². The maximum absolute atomic E-state index is 13.4. The predicted octanol–water partition coefficient (Wildman–Crippen LogP) is 3.14. The topological polar surface area (TPSA) is 88.4 Å². The zero-order valence-corrected chi connectivity index (χ0v) is 20.9. The third-order valence-corrected chi connectivity index (χ3v) is 7.39. The van der Waals surface area contributed by atoms with E-state index in [0.717, 1.165) is 51.1 Å². The molecule has 1 aromatic carbocycles. The fraction of sp³-hybridized carbons (Fsp3) is 0.593. The number of rotatable bonds is 2. The van der Waals surface area contributed by atoms with E-state index in [4.69, 9.17) is 14.0 Å². The molecule has 3 aliphatic rings. The summed E-state index contributed by atoms with van der Waals surface area (Å²) in [7, 11) is 0. The number of anilines is 1. The predicted molar refractivity (Wildman–Crippen MR) is 134 cm³/mol. The van der Waals surface area contributed by atoms with Crippen LogP contribution < -0.4 is 9.64 Å². The fourth-order valence-electron chi connectivity index (χ4n) is 5.37. The van der Waals surface area contributed by atoms with Gasteiger partial charge in [0, 0.05) is 44.7 Å². The van der Waals surface area contributed by atoms with Crippen molar-refractivity contribution in [3.8, 4) is 5.75 Å². The smallest absolute Gasteiger partial charge is 0.292 e. The highest BCUT2D eigenvalue weighted by Crippen LogP contribution is 2.24. The first-order valence-corrected chi connectivity index (χ1v) is 13.3. The molecule has 0 spiro atoms. The first-order valence-electron chi connectivity index (χ1n) is 13.3. The highest BCUT2D eigenvalue weighted by atomic mass is 16.5. The summed E-state index contributed by atoms with van der Waals surface area (Å²) in [5, 5.41) is 4.12. The zero-order valence-electron chi connectivity index (χ0n) is 20.9. The number of amides is 2. The van der Waals surface area contributed by atoms with Crippen LogP contribution in [0.15, 0.2) is 34.9 Å². The van der Waals surface area contributed by atoms with E-state index < -0.39 is 0 Å². The number of hydrogen-bond donors (Lipinski definition) is 0. The molecule has 0 aliphatic carbocycles. The molecule has 1 unspecified atom stereocenters. The quantitative estimate of drug-likeness (QED) is 0.631. The molecular formula is C27H36N4O5. The van der Waals surface area contributed by atoms with Crippen molar-refractivity contribution in [3.63, 3.8) is 0 Å². The molecule has 2 fully saturated rings. The molecule has 2 amide bonds. The molecule has 1 atom stereocenters. The number of fused-ring (bicyclic) bond motifs is 3. The highest BCUT2D eigenvalue weighted by molar-refractivity contribution is 5.92. The van der Waals surface area contributed by atoms with Gasteiger partial charge >= 0.3 is 0 Å². The van der Waals surface area contributed by atoms with Crippen molar-refractivity contribution in [3.05, 3.63) is 41.7 Å². The second-order valence-corrected chi connectivity index (χ2v) is 9.82. The number of carbonyl (C=O) groups is 2. The average Bonchev–Trinajstić information content (AvgIpc) is 3.41. The Morgan fingerprint density at radius 1 is 0.917 bits per heavy atom. The van der Waals surface area contributed by atoms with Gasteiger partial charge in [0.15, 0.2) is 5.82 Å². The van der Waals surface area contributed by atoms with Crippen LogP contribution in [0, 0.1) is 0 Å². The van der Waals surface area contributed by atoms with Crippen LogP contribution in [0.4, 0.5) is 5.82 Å². The summed E-state index contributed by atoms with van der Waals surface area (Å²) in [4.78, 5) is 32.4. The van der Waals surface area contributed by atoms with Gasteiger partial charge in [-0.25, -0.2) is 0 Å². The van der Waals surface area contributed by atoms with E-state index in [2.05, 4.69) is 27.1 Å². The van der Waals surface area contributed by atoms with Crippen LogP contribution in [0.1, 0.15) is 54.6 Å². The van der Waals surface area contributed by atoms with E-state index in [9.17, 15) is 9.59 Å². The van der Waals surface area contributed by atoms with E-state index >= 15 is 0 Å². The third-order valence-electron chi connectivity index (χ3n) is 7.39. The lowest BCUT2D eigenvalue weighted by atomic mass is 9.95. The first-order chi connectivity index (χ1) is 17.7. The number of carbonyl (C=O) groups excluding carboxylic acids is 2. The number of hydrogen-bond acceptors (Lipinski definition) is 7. The van der Waals surface area contributed by atoms with Crippen molar-refractivity contribution in [2.24, 2.45) is 0 Å². The molecule has 9 heteroatoms. The van der Waals surface area contributed by atoms with Gasteiger partial charge in [0.2, 0.25) is 11.7 Å². The molecular weight excluding hydrogens is 460 g/mol. The van der Waals surface area contributed by atoms with E-state index in [1.807, 2.05) is 12.1 Å². The molecule has 1 aromatic heterocycles. The SMILES string of the molecule is O=C(c1cc(N2CCOCC2)no1)N1CCCC(=O)N2CCCCC2CCc2cccc(c2)OCC1. The van der Waals surface area contributed by atoms with Crippen LogP contribution in [0.25, 0.3) is 0 Å². The number of ether oxygens (including phenoxy) is 2. The summed E-state index contributed by atoms with van der Waals surface area (Å²) < 4.78 is 16.9. The van der Waals surface area contributed by atoms with E-state index in [0.29, 0.717) is 51.6 Å². The third kappa shape index (κ3) is 6.00. The number of benzene rings is 1. The Labute approximate surface area is 212 Å². The standard InChI is InChI=1S/C27H36N4O5/c32-26-8-4-11-30(27(33)24-20-25(28-36-24)29-13-16-34-17-14-29)15-18-35-23-7-3-5-21(19-23)9-10-22-6-1-2-12-31(22)26/h3,5,7,19-20,22H,1-2,4,6,8-18H2. The molecule has 36 heavy (non-hydrogen) atoms. The molecule has 9 nitrogen and oxygen atoms in total. The Morgan fingerprint density at radius 3 is 2.69 bits per heavy atom. The van der Waals surface area contributed by atoms with Gasteiger partial charge in [0.05, 0.1) is 19.8 Å². The minimum Gasteiger partial charge on any atom is -0.492 e. The summed E-state index contributed by atoms with van der Waals surface area (Å²) in [6, 6.07) is 10.1.